The van der Waals surface area contributed by atoms with Crippen molar-refractivity contribution in [2.24, 2.45) is 5.41 Å². The zero-order valence-electron chi connectivity index (χ0n) is 9.87. The largest absolute Gasteiger partial charge is 0.490 e. The highest BCUT2D eigenvalue weighted by molar-refractivity contribution is 5.73. The molecule has 3 N–H and O–H groups in total. The monoisotopic (exact) mass is 278 g/mol. The Hall–Kier alpha value is -1.64. The minimum atomic E-state index is -5.08. The van der Waals surface area contributed by atoms with Crippen LogP contribution in [0.15, 0.2) is 6.33 Å². The summed E-state index contributed by atoms with van der Waals surface area (Å²) in [6.07, 6.45) is -0.913. The van der Waals surface area contributed by atoms with E-state index in [9.17, 15) is 13.2 Å². The first-order valence-corrected chi connectivity index (χ1v) is 5.68. The van der Waals surface area contributed by atoms with Crippen molar-refractivity contribution in [3.63, 3.8) is 0 Å². The van der Waals surface area contributed by atoms with Gasteiger partial charge in [-0.05, 0) is 18.3 Å². The molecule has 2 fully saturated rings. The predicted molar refractivity (Wildman–Crippen MR) is 57.4 cm³/mol. The zero-order chi connectivity index (χ0) is 14.1. The van der Waals surface area contributed by atoms with Crippen molar-refractivity contribution in [1.82, 2.24) is 20.5 Å². The van der Waals surface area contributed by atoms with Crippen LogP contribution in [0.3, 0.4) is 0 Å². The summed E-state index contributed by atoms with van der Waals surface area (Å²) >= 11 is 0. The van der Waals surface area contributed by atoms with Crippen LogP contribution in [0.25, 0.3) is 0 Å². The molecule has 1 spiro atoms. The van der Waals surface area contributed by atoms with Gasteiger partial charge in [-0.1, -0.05) is 0 Å². The molecule has 1 aliphatic heterocycles. The number of aromatic amines is 1. The lowest BCUT2D eigenvalue weighted by molar-refractivity contribution is -0.192. The number of hydrogen-bond donors (Lipinski definition) is 3. The number of H-pyrrole nitrogens is 1. The van der Waals surface area contributed by atoms with E-state index in [1.165, 1.54) is 25.9 Å². The minimum Gasteiger partial charge on any atom is -0.475 e. The first kappa shape index (κ1) is 13.8. The van der Waals surface area contributed by atoms with Crippen molar-refractivity contribution < 1.29 is 23.1 Å². The van der Waals surface area contributed by atoms with Gasteiger partial charge < -0.3 is 10.4 Å². The van der Waals surface area contributed by atoms with Crippen LogP contribution in [0.5, 0.6) is 0 Å². The third-order valence-electron chi connectivity index (χ3n) is 3.42. The molecule has 9 heteroatoms. The lowest BCUT2D eigenvalue weighted by Gasteiger charge is -2.53. The number of halogens is 3. The molecule has 1 aromatic heterocycles. The Morgan fingerprint density at radius 3 is 2.32 bits per heavy atom. The van der Waals surface area contributed by atoms with E-state index in [1.54, 1.807) is 6.33 Å². The highest BCUT2D eigenvalue weighted by Gasteiger charge is 2.49. The van der Waals surface area contributed by atoms with Crippen LogP contribution in [0, 0.1) is 5.41 Å². The number of hydrogen-bond acceptors (Lipinski definition) is 4. The standard InChI is InChI=1S/C8H12N4.C2HF3O2/c1-6(7-10-5-11-12-7)2-8(1)3-9-4-8;3-2(4,5)1(6)7/h5-6,9H,1-4H2,(H,10,11,12);(H,6,7). The normalized spacial score (nSPS) is 21.0. The Bertz CT molecular complexity index is 434. The van der Waals surface area contributed by atoms with Crippen LogP contribution in [0.4, 0.5) is 13.2 Å². The molecule has 1 aliphatic carbocycles. The Labute approximate surface area is 106 Å². The molecule has 0 aromatic carbocycles. The first-order chi connectivity index (χ1) is 8.82. The second-order valence-electron chi connectivity index (χ2n) is 4.88. The molecule has 1 aromatic rings. The summed E-state index contributed by atoms with van der Waals surface area (Å²) in [5.74, 6) is -1.03. The van der Waals surface area contributed by atoms with Gasteiger partial charge in [0.05, 0.1) is 0 Å². The van der Waals surface area contributed by atoms with E-state index in [2.05, 4.69) is 20.5 Å². The molecule has 0 amide bonds. The van der Waals surface area contributed by atoms with E-state index in [-0.39, 0.29) is 0 Å². The van der Waals surface area contributed by atoms with Gasteiger partial charge >= 0.3 is 12.1 Å². The van der Waals surface area contributed by atoms with E-state index >= 15 is 0 Å². The van der Waals surface area contributed by atoms with E-state index in [0.29, 0.717) is 11.3 Å². The zero-order valence-corrected chi connectivity index (χ0v) is 9.87. The number of alkyl halides is 3. The van der Waals surface area contributed by atoms with E-state index < -0.39 is 12.1 Å². The summed E-state index contributed by atoms with van der Waals surface area (Å²) in [5, 5.41) is 17.3. The molecule has 1 saturated heterocycles. The van der Waals surface area contributed by atoms with Crippen LogP contribution >= 0.6 is 0 Å². The summed E-state index contributed by atoms with van der Waals surface area (Å²) in [4.78, 5) is 13.1. The Morgan fingerprint density at radius 2 is 2.00 bits per heavy atom. The topological polar surface area (TPSA) is 90.9 Å². The molecule has 0 atom stereocenters. The lowest BCUT2D eigenvalue weighted by Crippen LogP contribution is -2.59. The van der Waals surface area contributed by atoms with Crippen LogP contribution in [0.2, 0.25) is 0 Å². The van der Waals surface area contributed by atoms with Gasteiger partial charge in [0, 0.05) is 19.0 Å². The summed E-state index contributed by atoms with van der Waals surface area (Å²) in [5.41, 5.74) is 0.636. The van der Waals surface area contributed by atoms with Gasteiger partial charge in [-0.25, -0.2) is 9.78 Å². The van der Waals surface area contributed by atoms with Gasteiger partial charge in [0.2, 0.25) is 0 Å². The fraction of sp³-hybridized carbons (Fsp3) is 0.700. The smallest absolute Gasteiger partial charge is 0.475 e. The molecular formula is C10H13F3N4O2. The summed E-state index contributed by atoms with van der Waals surface area (Å²) in [7, 11) is 0. The number of carboxylic acids is 1. The van der Waals surface area contributed by atoms with Crippen LogP contribution in [-0.2, 0) is 4.79 Å². The van der Waals surface area contributed by atoms with Crippen LogP contribution in [-0.4, -0.2) is 45.5 Å². The minimum absolute atomic E-state index is 0.636. The first-order valence-electron chi connectivity index (χ1n) is 5.68. The molecule has 19 heavy (non-hydrogen) atoms. The maximum absolute atomic E-state index is 10.6. The van der Waals surface area contributed by atoms with Crippen LogP contribution < -0.4 is 5.32 Å². The van der Waals surface area contributed by atoms with Crippen LogP contribution in [0.1, 0.15) is 24.6 Å². The predicted octanol–water partition coefficient (Wildman–Crippen LogP) is 0.905. The van der Waals surface area contributed by atoms with Gasteiger partial charge in [0.15, 0.2) is 0 Å². The second-order valence-corrected chi connectivity index (χ2v) is 4.88. The lowest BCUT2D eigenvalue weighted by atomic mass is 9.58. The molecule has 3 rings (SSSR count). The molecule has 106 valence electrons. The fourth-order valence-electron chi connectivity index (χ4n) is 2.36. The van der Waals surface area contributed by atoms with E-state index in [1.807, 2.05) is 0 Å². The van der Waals surface area contributed by atoms with Crippen molar-refractivity contribution in [2.75, 3.05) is 13.1 Å². The van der Waals surface area contributed by atoms with Gasteiger partial charge in [0.1, 0.15) is 12.2 Å². The molecule has 0 radical (unpaired) electrons. The molecular weight excluding hydrogens is 265 g/mol. The molecule has 0 unspecified atom stereocenters. The number of carboxylic acid groups (broad SMARTS) is 1. The number of aromatic nitrogens is 3. The van der Waals surface area contributed by atoms with Crippen molar-refractivity contribution >= 4 is 5.97 Å². The number of nitrogens with one attached hydrogen (secondary N) is 2. The maximum Gasteiger partial charge on any atom is 0.490 e. The van der Waals surface area contributed by atoms with E-state index in [0.717, 1.165) is 5.82 Å². The van der Waals surface area contributed by atoms with Crippen molar-refractivity contribution in [2.45, 2.75) is 24.9 Å². The molecule has 2 heterocycles. The number of rotatable bonds is 1. The fourth-order valence-corrected chi connectivity index (χ4v) is 2.36. The Kier molecular flexibility index (Phi) is 3.48. The van der Waals surface area contributed by atoms with Crippen molar-refractivity contribution in [3.05, 3.63) is 12.2 Å². The SMILES string of the molecule is O=C(O)C(F)(F)F.c1n[nH]c(C2CC3(CNC3)C2)n1. The third kappa shape index (κ3) is 3.03. The number of nitrogens with zero attached hydrogens (tertiary/aromatic N) is 2. The van der Waals surface area contributed by atoms with Gasteiger partial charge in [-0.3, -0.25) is 5.10 Å². The van der Waals surface area contributed by atoms with Gasteiger partial charge in [0.25, 0.3) is 0 Å². The number of aliphatic carboxylic acids is 1. The van der Waals surface area contributed by atoms with E-state index in [4.69, 9.17) is 9.90 Å². The maximum atomic E-state index is 10.6. The molecule has 0 bridgehead atoms. The summed E-state index contributed by atoms with van der Waals surface area (Å²) in [6.45, 7) is 2.41. The second kappa shape index (κ2) is 4.80. The highest BCUT2D eigenvalue weighted by atomic mass is 19.4. The quantitative estimate of drug-likeness (QED) is 0.710. The average molecular weight is 278 g/mol. The Balaban J connectivity index is 0.000000167. The van der Waals surface area contributed by atoms with Gasteiger partial charge in [-0.2, -0.15) is 18.3 Å². The molecule has 2 aliphatic rings. The summed E-state index contributed by atoms with van der Waals surface area (Å²) in [6, 6.07) is 0. The Morgan fingerprint density at radius 1 is 1.42 bits per heavy atom. The molecule has 1 saturated carbocycles. The average Bonchev–Trinajstić information content (AvgIpc) is 2.65. The van der Waals surface area contributed by atoms with Crippen molar-refractivity contribution in [3.8, 4) is 0 Å². The summed E-state index contributed by atoms with van der Waals surface area (Å²) < 4.78 is 31.7. The van der Waals surface area contributed by atoms with Gasteiger partial charge in [-0.15, -0.1) is 0 Å². The number of carbonyl (C=O) groups is 1. The highest BCUT2D eigenvalue weighted by Crippen LogP contribution is 2.52. The third-order valence-corrected chi connectivity index (χ3v) is 3.42. The van der Waals surface area contributed by atoms with Crippen molar-refractivity contribution in [1.29, 1.82) is 0 Å². The molecule has 6 nitrogen and oxygen atoms in total.